The lowest BCUT2D eigenvalue weighted by molar-refractivity contribution is -0.137. The Bertz CT molecular complexity index is 789. The molecule has 2 fully saturated rings. The molecule has 0 radical (unpaired) electrons. The molecule has 31 heavy (non-hydrogen) atoms. The molecule has 3 unspecified atom stereocenters. The molecular weight excluding hydrogens is 408 g/mol. The molecule has 0 aromatic heterocycles. The second-order valence-electron chi connectivity index (χ2n) is 7.32. The van der Waals surface area contributed by atoms with Crippen LogP contribution in [-0.4, -0.2) is 62.8 Å². The zero-order valence-corrected chi connectivity index (χ0v) is 17.3. The number of carbonyl (C=O) groups excluding carboxylic acids is 3. The third-order valence-corrected chi connectivity index (χ3v) is 4.97. The summed E-state index contributed by atoms with van der Waals surface area (Å²) in [5.41, 5.74) is 0.323. The molecule has 2 aliphatic rings. The van der Waals surface area contributed by atoms with Crippen LogP contribution in [0.5, 0.6) is 5.75 Å². The zero-order valence-electron chi connectivity index (χ0n) is 17.3. The van der Waals surface area contributed by atoms with Crippen LogP contribution in [-0.2, 0) is 28.5 Å². The van der Waals surface area contributed by atoms with Crippen LogP contribution in [0.4, 0.5) is 4.79 Å². The molecule has 2 heterocycles. The molecule has 3 rings (SSSR count). The molecular formula is C22H26O9. The van der Waals surface area contributed by atoms with Crippen molar-refractivity contribution in [1.82, 2.24) is 0 Å². The van der Waals surface area contributed by atoms with Crippen molar-refractivity contribution in [2.24, 2.45) is 5.92 Å². The topological polar surface area (TPSA) is 107 Å². The van der Waals surface area contributed by atoms with Crippen molar-refractivity contribution >= 4 is 18.1 Å². The molecule has 1 aromatic carbocycles. The van der Waals surface area contributed by atoms with Gasteiger partial charge in [0.15, 0.2) is 6.10 Å². The third-order valence-electron chi connectivity index (χ3n) is 4.97. The van der Waals surface area contributed by atoms with Crippen molar-refractivity contribution in [3.05, 3.63) is 42.5 Å². The summed E-state index contributed by atoms with van der Waals surface area (Å²) in [5, 5.41) is 0. The van der Waals surface area contributed by atoms with E-state index in [1.807, 2.05) is 6.92 Å². The number of esters is 2. The van der Waals surface area contributed by atoms with Gasteiger partial charge in [-0.05, 0) is 37.1 Å². The average molecular weight is 434 g/mol. The van der Waals surface area contributed by atoms with Gasteiger partial charge in [0.2, 0.25) is 0 Å². The van der Waals surface area contributed by atoms with Gasteiger partial charge in [-0.2, -0.15) is 0 Å². The highest BCUT2D eigenvalue weighted by Gasteiger charge is 2.47. The van der Waals surface area contributed by atoms with Crippen molar-refractivity contribution in [2.45, 2.75) is 38.1 Å². The largest absolute Gasteiger partial charge is 0.513 e. The Morgan fingerprint density at radius 1 is 1.03 bits per heavy atom. The lowest BCUT2D eigenvalue weighted by atomic mass is 10.0. The Balaban J connectivity index is 1.36. The van der Waals surface area contributed by atoms with E-state index in [0.717, 1.165) is 6.08 Å². The van der Waals surface area contributed by atoms with Gasteiger partial charge < -0.3 is 28.4 Å². The highest BCUT2D eigenvalue weighted by Crippen LogP contribution is 2.32. The molecule has 4 atom stereocenters. The Hall–Kier alpha value is -2.91. The molecule has 0 spiro atoms. The summed E-state index contributed by atoms with van der Waals surface area (Å²) in [6, 6.07) is 5.97. The second-order valence-corrected chi connectivity index (χ2v) is 7.32. The molecule has 9 nitrogen and oxygen atoms in total. The van der Waals surface area contributed by atoms with Crippen molar-refractivity contribution in [1.29, 1.82) is 0 Å². The summed E-state index contributed by atoms with van der Waals surface area (Å²) in [6.07, 6.45) is 0.573. The van der Waals surface area contributed by atoms with E-state index in [1.54, 1.807) is 0 Å². The minimum absolute atomic E-state index is 0.0400. The maximum atomic E-state index is 12.4. The minimum Gasteiger partial charge on any atom is -0.463 e. The van der Waals surface area contributed by atoms with Crippen LogP contribution in [0.2, 0.25) is 0 Å². The van der Waals surface area contributed by atoms with E-state index in [0.29, 0.717) is 31.6 Å². The monoisotopic (exact) mass is 434 g/mol. The van der Waals surface area contributed by atoms with Crippen molar-refractivity contribution in [3.63, 3.8) is 0 Å². The maximum Gasteiger partial charge on any atom is 0.513 e. The molecule has 0 saturated carbocycles. The number of fused-ring (bicyclic) bond motifs is 1. The van der Waals surface area contributed by atoms with Crippen LogP contribution in [0.25, 0.3) is 0 Å². The molecule has 0 aliphatic carbocycles. The Morgan fingerprint density at radius 2 is 1.71 bits per heavy atom. The standard InChI is InChI=1S/C22H26O9/c1-3-18(23)26-10-4-5-11-27-22(25)30-16-8-6-15(7-9-16)21(24)31-17-13-29-19-14(2)12-28-20(17)19/h3,6-9,14,17,19-20H,1,4-5,10-13H2,2H3/t14-,17?,19?,20?/m0/s1. The number of hydrogen-bond donors (Lipinski definition) is 0. The third kappa shape index (κ3) is 6.28. The number of ether oxygens (including phenoxy) is 6. The van der Waals surface area contributed by atoms with Crippen molar-refractivity contribution in [2.75, 3.05) is 26.4 Å². The summed E-state index contributed by atoms with van der Waals surface area (Å²) in [5.74, 6) is -0.475. The Morgan fingerprint density at radius 3 is 2.42 bits per heavy atom. The number of benzene rings is 1. The zero-order chi connectivity index (χ0) is 22.2. The predicted octanol–water partition coefficient (Wildman–Crippen LogP) is 2.67. The molecule has 168 valence electrons. The first-order valence-corrected chi connectivity index (χ1v) is 10.2. The number of unbranched alkanes of at least 4 members (excludes halogenated alkanes) is 1. The molecule has 0 N–H and O–H groups in total. The maximum absolute atomic E-state index is 12.4. The van der Waals surface area contributed by atoms with Gasteiger partial charge in [-0.25, -0.2) is 14.4 Å². The number of rotatable bonds is 9. The van der Waals surface area contributed by atoms with Crippen LogP contribution >= 0.6 is 0 Å². The van der Waals surface area contributed by atoms with Crippen molar-refractivity contribution in [3.8, 4) is 5.75 Å². The van der Waals surface area contributed by atoms with Gasteiger partial charge in [0.1, 0.15) is 11.9 Å². The minimum atomic E-state index is -0.861. The average Bonchev–Trinajstić information content (AvgIpc) is 3.34. The van der Waals surface area contributed by atoms with Crippen LogP contribution in [0.3, 0.4) is 0 Å². The van der Waals surface area contributed by atoms with Gasteiger partial charge >= 0.3 is 18.1 Å². The van der Waals surface area contributed by atoms with Gasteiger partial charge in [0.25, 0.3) is 0 Å². The predicted molar refractivity (Wildman–Crippen MR) is 107 cm³/mol. The molecule has 9 heteroatoms. The Kier molecular flexibility index (Phi) is 8.02. The molecule has 2 saturated heterocycles. The van der Waals surface area contributed by atoms with Gasteiger partial charge in [-0.1, -0.05) is 13.5 Å². The quantitative estimate of drug-likeness (QED) is 0.191. The summed E-state index contributed by atoms with van der Waals surface area (Å²) in [7, 11) is 0. The highest BCUT2D eigenvalue weighted by atomic mass is 16.7. The summed E-state index contributed by atoms with van der Waals surface area (Å²) >= 11 is 0. The van der Waals surface area contributed by atoms with Crippen LogP contribution in [0.15, 0.2) is 36.9 Å². The van der Waals surface area contributed by atoms with E-state index in [1.165, 1.54) is 24.3 Å². The first-order valence-electron chi connectivity index (χ1n) is 10.2. The van der Waals surface area contributed by atoms with Crippen LogP contribution in [0.1, 0.15) is 30.1 Å². The summed E-state index contributed by atoms with van der Waals surface area (Å²) in [4.78, 5) is 35.0. The summed E-state index contributed by atoms with van der Waals surface area (Å²) < 4.78 is 31.7. The SMILES string of the molecule is C=CC(=O)OCCCCOC(=O)Oc1ccc(C(=O)OC2COC3C2OC[C@@H]3C)cc1. The molecule has 1 aromatic rings. The van der Waals surface area contributed by atoms with Gasteiger partial charge in [0.05, 0.1) is 38.1 Å². The number of carbonyl (C=O) groups is 3. The van der Waals surface area contributed by atoms with Gasteiger partial charge in [-0.3, -0.25) is 0 Å². The normalized spacial score (nSPS) is 24.2. The fourth-order valence-corrected chi connectivity index (χ4v) is 3.34. The van der Waals surface area contributed by atoms with E-state index < -0.39 is 24.2 Å². The molecule has 0 bridgehead atoms. The van der Waals surface area contributed by atoms with Crippen molar-refractivity contribution < 1.29 is 42.8 Å². The summed E-state index contributed by atoms with van der Waals surface area (Å²) in [6.45, 7) is 6.59. The smallest absolute Gasteiger partial charge is 0.463 e. The molecule has 2 aliphatic heterocycles. The fraction of sp³-hybridized carbons (Fsp3) is 0.500. The number of hydrogen-bond acceptors (Lipinski definition) is 9. The van der Waals surface area contributed by atoms with E-state index >= 15 is 0 Å². The fourth-order valence-electron chi connectivity index (χ4n) is 3.34. The van der Waals surface area contributed by atoms with E-state index in [4.69, 9.17) is 28.4 Å². The van der Waals surface area contributed by atoms with Gasteiger partial charge in [0, 0.05) is 12.0 Å². The molecule has 0 amide bonds. The van der Waals surface area contributed by atoms with E-state index in [-0.39, 0.29) is 37.1 Å². The Labute approximate surface area is 180 Å². The highest BCUT2D eigenvalue weighted by molar-refractivity contribution is 5.89. The lowest BCUT2D eigenvalue weighted by Crippen LogP contribution is -2.32. The van der Waals surface area contributed by atoms with Crippen LogP contribution < -0.4 is 4.74 Å². The van der Waals surface area contributed by atoms with E-state index in [9.17, 15) is 14.4 Å². The van der Waals surface area contributed by atoms with Crippen LogP contribution in [0, 0.1) is 5.92 Å². The second kappa shape index (κ2) is 10.9. The first kappa shape index (κ1) is 22.8. The first-order chi connectivity index (χ1) is 15.0. The van der Waals surface area contributed by atoms with Gasteiger partial charge in [-0.15, -0.1) is 0 Å². The van der Waals surface area contributed by atoms with E-state index in [2.05, 4.69) is 6.58 Å². The lowest BCUT2D eigenvalue weighted by Gasteiger charge is -2.16.